The summed E-state index contributed by atoms with van der Waals surface area (Å²) in [4.78, 5) is 16.6. The van der Waals surface area contributed by atoms with Crippen molar-refractivity contribution in [1.29, 1.82) is 5.26 Å². The molecule has 114 valence electrons. The summed E-state index contributed by atoms with van der Waals surface area (Å²) in [5.74, 6) is -0.208. The molecule has 0 radical (unpaired) electrons. The molecule has 2 aromatic carbocycles. The van der Waals surface area contributed by atoms with Gasteiger partial charge in [0.15, 0.2) is 5.58 Å². The standard InChI is InChI=1S/C17H13N3O2S/c1-11(16(21)19-13-7-3-2-6-12(13)10-18)23-17-20-14-8-4-5-9-15(14)22-17/h2-9,11H,1H3,(H,19,21). The lowest BCUT2D eigenvalue weighted by atomic mass is 10.2. The number of nitrogens with one attached hydrogen (secondary N) is 1. The average molecular weight is 323 g/mol. The Morgan fingerprint density at radius 2 is 2.00 bits per heavy atom. The van der Waals surface area contributed by atoms with Gasteiger partial charge in [-0.25, -0.2) is 4.98 Å². The summed E-state index contributed by atoms with van der Waals surface area (Å²) in [5.41, 5.74) is 2.39. The Labute approximate surface area is 137 Å². The van der Waals surface area contributed by atoms with E-state index in [4.69, 9.17) is 9.68 Å². The molecular formula is C17H13N3O2S. The second-order valence-corrected chi connectivity index (χ2v) is 6.15. The van der Waals surface area contributed by atoms with Gasteiger partial charge in [-0.05, 0) is 31.2 Å². The molecule has 0 aliphatic rings. The molecule has 6 heteroatoms. The van der Waals surface area contributed by atoms with Crippen LogP contribution in [0.2, 0.25) is 0 Å². The van der Waals surface area contributed by atoms with Crippen LogP contribution in [-0.2, 0) is 4.79 Å². The van der Waals surface area contributed by atoms with Crippen LogP contribution in [0.15, 0.2) is 58.2 Å². The maximum absolute atomic E-state index is 12.3. The van der Waals surface area contributed by atoms with Crippen molar-refractivity contribution in [2.24, 2.45) is 0 Å². The van der Waals surface area contributed by atoms with Crippen LogP contribution in [0, 0.1) is 11.3 Å². The third-order valence-electron chi connectivity index (χ3n) is 3.23. The second kappa shape index (κ2) is 6.55. The van der Waals surface area contributed by atoms with Crippen LogP contribution in [0.5, 0.6) is 0 Å². The van der Waals surface area contributed by atoms with E-state index in [1.807, 2.05) is 24.3 Å². The summed E-state index contributed by atoms with van der Waals surface area (Å²) in [6.45, 7) is 1.77. The molecule has 0 fully saturated rings. The molecule has 0 spiro atoms. The van der Waals surface area contributed by atoms with Gasteiger partial charge in [0, 0.05) is 0 Å². The molecule has 1 heterocycles. The van der Waals surface area contributed by atoms with Gasteiger partial charge in [-0.1, -0.05) is 36.0 Å². The van der Waals surface area contributed by atoms with Crippen molar-refractivity contribution in [3.8, 4) is 6.07 Å². The number of para-hydroxylation sites is 3. The minimum absolute atomic E-state index is 0.208. The van der Waals surface area contributed by atoms with Gasteiger partial charge < -0.3 is 9.73 Å². The number of hydrogen-bond acceptors (Lipinski definition) is 5. The first-order chi connectivity index (χ1) is 11.2. The summed E-state index contributed by atoms with van der Waals surface area (Å²) in [6, 6.07) is 16.4. The van der Waals surface area contributed by atoms with Crippen molar-refractivity contribution in [1.82, 2.24) is 4.98 Å². The normalized spacial score (nSPS) is 11.8. The number of hydrogen-bond donors (Lipinski definition) is 1. The van der Waals surface area contributed by atoms with Crippen molar-refractivity contribution in [2.45, 2.75) is 17.4 Å². The van der Waals surface area contributed by atoms with Gasteiger partial charge in [-0.2, -0.15) is 5.26 Å². The third kappa shape index (κ3) is 3.35. The van der Waals surface area contributed by atoms with Gasteiger partial charge in [0.05, 0.1) is 16.5 Å². The van der Waals surface area contributed by atoms with Crippen LogP contribution >= 0.6 is 11.8 Å². The maximum atomic E-state index is 12.3. The molecule has 0 saturated carbocycles. The van der Waals surface area contributed by atoms with E-state index in [0.717, 1.165) is 5.52 Å². The van der Waals surface area contributed by atoms with Crippen molar-refractivity contribution in [3.05, 3.63) is 54.1 Å². The Hall–Kier alpha value is -2.78. The molecule has 1 N–H and O–H groups in total. The lowest BCUT2D eigenvalue weighted by Crippen LogP contribution is -2.22. The summed E-state index contributed by atoms with van der Waals surface area (Å²) in [6.07, 6.45) is 0. The molecule has 5 nitrogen and oxygen atoms in total. The molecule has 3 aromatic rings. The molecule has 0 saturated heterocycles. The first-order valence-electron chi connectivity index (χ1n) is 6.99. The smallest absolute Gasteiger partial charge is 0.257 e. The Kier molecular flexibility index (Phi) is 4.31. The van der Waals surface area contributed by atoms with Crippen LogP contribution in [-0.4, -0.2) is 16.1 Å². The maximum Gasteiger partial charge on any atom is 0.257 e. The SMILES string of the molecule is CC(Sc1nc2ccccc2o1)C(=O)Nc1ccccc1C#N. The molecule has 1 amide bonds. The number of benzene rings is 2. The van der Waals surface area contributed by atoms with Gasteiger partial charge in [-0.3, -0.25) is 4.79 Å². The predicted molar refractivity (Wildman–Crippen MR) is 89.1 cm³/mol. The molecule has 1 atom stereocenters. The van der Waals surface area contributed by atoms with Gasteiger partial charge >= 0.3 is 0 Å². The quantitative estimate of drug-likeness (QED) is 0.738. The van der Waals surface area contributed by atoms with Crippen molar-refractivity contribution in [2.75, 3.05) is 5.32 Å². The summed E-state index contributed by atoms with van der Waals surface area (Å²) >= 11 is 1.24. The van der Waals surface area contributed by atoms with E-state index in [1.54, 1.807) is 31.2 Å². The number of rotatable bonds is 4. The van der Waals surface area contributed by atoms with E-state index in [-0.39, 0.29) is 5.91 Å². The largest absolute Gasteiger partial charge is 0.431 e. The first-order valence-corrected chi connectivity index (χ1v) is 7.87. The molecule has 1 aromatic heterocycles. The molecule has 3 rings (SSSR count). The van der Waals surface area contributed by atoms with E-state index >= 15 is 0 Å². The van der Waals surface area contributed by atoms with Gasteiger partial charge in [0.2, 0.25) is 5.91 Å². The number of aromatic nitrogens is 1. The predicted octanol–water partition coefficient (Wildman–Crippen LogP) is 3.82. The van der Waals surface area contributed by atoms with Crippen LogP contribution in [0.1, 0.15) is 12.5 Å². The summed E-state index contributed by atoms with van der Waals surface area (Å²) in [7, 11) is 0. The Balaban J connectivity index is 1.71. The van der Waals surface area contributed by atoms with E-state index in [2.05, 4.69) is 16.4 Å². The van der Waals surface area contributed by atoms with E-state index in [1.165, 1.54) is 11.8 Å². The average Bonchev–Trinajstić information content (AvgIpc) is 2.97. The highest BCUT2D eigenvalue weighted by Gasteiger charge is 2.19. The minimum Gasteiger partial charge on any atom is -0.431 e. The number of nitriles is 1. The number of nitrogens with zero attached hydrogens (tertiary/aromatic N) is 2. The number of thioether (sulfide) groups is 1. The molecular weight excluding hydrogens is 310 g/mol. The van der Waals surface area contributed by atoms with Crippen molar-refractivity contribution < 1.29 is 9.21 Å². The monoisotopic (exact) mass is 323 g/mol. The van der Waals surface area contributed by atoms with Crippen molar-refractivity contribution in [3.63, 3.8) is 0 Å². The Morgan fingerprint density at radius 1 is 1.26 bits per heavy atom. The van der Waals surface area contributed by atoms with Crippen LogP contribution < -0.4 is 5.32 Å². The topological polar surface area (TPSA) is 78.9 Å². The first kappa shape index (κ1) is 15.1. The number of anilines is 1. The fourth-order valence-corrected chi connectivity index (χ4v) is 2.79. The zero-order valence-corrected chi connectivity index (χ0v) is 13.1. The highest BCUT2D eigenvalue weighted by Crippen LogP contribution is 2.27. The zero-order chi connectivity index (χ0) is 16.2. The minimum atomic E-state index is -0.408. The number of oxazole rings is 1. The molecule has 0 bridgehead atoms. The number of carbonyl (C=O) groups is 1. The number of amides is 1. The molecule has 1 unspecified atom stereocenters. The summed E-state index contributed by atoms with van der Waals surface area (Å²) < 4.78 is 5.60. The van der Waals surface area contributed by atoms with Crippen LogP contribution in [0.3, 0.4) is 0 Å². The summed E-state index contributed by atoms with van der Waals surface area (Å²) in [5, 5.41) is 11.9. The van der Waals surface area contributed by atoms with Crippen LogP contribution in [0.25, 0.3) is 11.1 Å². The lowest BCUT2D eigenvalue weighted by Gasteiger charge is -2.10. The second-order valence-electron chi connectivity index (χ2n) is 4.85. The number of fused-ring (bicyclic) bond motifs is 1. The zero-order valence-electron chi connectivity index (χ0n) is 12.3. The van der Waals surface area contributed by atoms with Gasteiger partial charge in [-0.15, -0.1) is 0 Å². The highest BCUT2D eigenvalue weighted by molar-refractivity contribution is 8.00. The van der Waals surface area contributed by atoms with Gasteiger partial charge in [0.1, 0.15) is 11.6 Å². The van der Waals surface area contributed by atoms with Crippen molar-refractivity contribution >= 4 is 34.5 Å². The molecule has 0 aliphatic heterocycles. The fraction of sp³-hybridized carbons (Fsp3) is 0.118. The lowest BCUT2D eigenvalue weighted by molar-refractivity contribution is -0.115. The van der Waals surface area contributed by atoms with Crippen LogP contribution in [0.4, 0.5) is 5.69 Å². The Morgan fingerprint density at radius 3 is 2.78 bits per heavy atom. The third-order valence-corrected chi connectivity index (χ3v) is 4.17. The van der Waals surface area contributed by atoms with E-state index in [9.17, 15) is 4.79 Å². The molecule has 0 aliphatic carbocycles. The fourth-order valence-electron chi connectivity index (χ4n) is 2.03. The molecule has 23 heavy (non-hydrogen) atoms. The number of carbonyl (C=O) groups excluding carboxylic acids is 1. The van der Waals surface area contributed by atoms with Gasteiger partial charge in [0.25, 0.3) is 5.22 Å². The highest BCUT2D eigenvalue weighted by atomic mass is 32.2. The van der Waals surface area contributed by atoms with E-state index in [0.29, 0.717) is 22.1 Å². The Bertz CT molecular complexity index is 865. The van der Waals surface area contributed by atoms with E-state index < -0.39 is 5.25 Å².